The Morgan fingerprint density at radius 2 is 1.72 bits per heavy atom. The van der Waals surface area contributed by atoms with Gasteiger partial charge in [0.15, 0.2) is 0 Å². The number of benzene rings is 1. The van der Waals surface area contributed by atoms with E-state index in [1.54, 1.807) is 0 Å². The molecule has 0 radical (unpaired) electrons. The highest BCUT2D eigenvalue weighted by Gasteiger charge is 2.14. The van der Waals surface area contributed by atoms with E-state index in [1.165, 1.54) is 11.1 Å². The van der Waals surface area contributed by atoms with Gasteiger partial charge in [-0.3, -0.25) is 0 Å². The van der Waals surface area contributed by atoms with Gasteiger partial charge in [0, 0.05) is 12.1 Å². The molecular weight excluding hydrogens is 218 g/mol. The molecule has 0 amide bonds. The standard InChI is InChI=1S/C17H27N/c1-7-8-13(2)18-14(3)15-9-11-16(12-10-15)17(4,5)6/h7,9-14,18H,1,8H2,2-6H3. The van der Waals surface area contributed by atoms with Crippen LogP contribution in [-0.2, 0) is 5.41 Å². The number of rotatable bonds is 5. The molecule has 2 atom stereocenters. The Balaban J connectivity index is 2.70. The normalized spacial score (nSPS) is 15.2. The first kappa shape index (κ1) is 15.0. The van der Waals surface area contributed by atoms with E-state index in [0.717, 1.165) is 6.42 Å². The molecule has 0 aliphatic rings. The molecule has 100 valence electrons. The van der Waals surface area contributed by atoms with E-state index >= 15 is 0 Å². The monoisotopic (exact) mass is 245 g/mol. The summed E-state index contributed by atoms with van der Waals surface area (Å²) in [7, 11) is 0. The van der Waals surface area contributed by atoms with E-state index in [0.29, 0.717) is 12.1 Å². The number of nitrogens with one attached hydrogen (secondary N) is 1. The lowest BCUT2D eigenvalue weighted by molar-refractivity contribution is 0.482. The SMILES string of the molecule is C=CCC(C)NC(C)c1ccc(C(C)(C)C)cc1. The summed E-state index contributed by atoms with van der Waals surface area (Å²) in [5.74, 6) is 0. The molecule has 1 N–H and O–H groups in total. The zero-order chi connectivity index (χ0) is 13.8. The van der Waals surface area contributed by atoms with Crippen molar-refractivity contribution < 1.29 is 0 Å². The fraction of sp³-hybridized carbons (Fsp3) is 0.529. The first-order valence-electron chi connectivity index (χ1n) is 6.82. The van der Waals surface area contributed by atoms with Gasteiger partial charge in [-0.2, -0.15) is 0 Å². The van der Waals surface area contributed by atoms with Crippen LogP contribution in [0.3, 0.4) is 0 Å². The summed E-state index contributed by atoms with van der Waals surface area (Å²) in [5, 5.41) is 3.58. The van der Waals surface area contributed by atoms with E-state index < -0.39 is 0 Å². The van der Waals surface area contributed by atoms with Crippen molar-refractivity contribution in [3.63, 3.8) is 0 Å². The predicted octanol–water partition coefficient (Wildman–Crippen LogP) is 4.60. The molecule has 2 unspecified atom stereocenters. The van der Waals surface area contributed by atoms with Gasteiger partial charge >= 0.3 is 0 Å². The van der Waals surface area contributed by atoms with Crippen LogP contribution in [0.4, 0.5) is 0 Å². The largest absolute Gasteiger partial charge is 0.307 e. The first-order chi connectivity index (χ1) is 8.34. The highest BCUT2D eigenvalue weighted by molar-refractivity contribution is 5.29. The third-order valence-electron chi connectivity index (χ3n) is 3.33. The second-order valence-corrected chi connectivity index (χ2v) is 6.19. The van der Waals surface area contributed by atoms with E-state index in [2.05, 4.69) is 70.8 Å². The lowest BCUT2D eigenvalue weighted by Gasteiger charge is -2.22. The summed E-state index contributed by atoms with van der Waals surface area (Å²) >= 11 is 0. The van der Waals surface area contributed by atoms with Crippen molar-refractivity contribution in [3.8, 4) is 0 Å². The van der Waals surface area contributed by atoms with Gasteiger partial charge in [0.2, 0.25) is 0 Å². The fourth-order valence-electron chi connectivity index (χ4n) is 2.11. The van der Waals surface area contributed by atoms with Crippen LogP contribution in [0.1, 0.15) is 58.2 Å². The summed E-state index contributed by atoms with van der Waals surface area (Å²) in [6, 6.07) is 9.81. The minimum Gasteiger partial charge on any atom is -0.307 e. The molecule has 0 spiro atoms. The third kappa shape index (κ3) is 4.30. The number of hydrogen-bond acceptors (Lipinski definition) is 1. The summed E-state index contributed by atoms with van der Waals surface area (Å²) in [4.78, 5) is 0. The van der Waals surface area contributed by atoms with Gasteiger partial charge in [-0.25, -0.2) is 0 Å². The van der Waals surface area contributed by atoms with Crippen molar-refractivity contribution in [2.75, 3.05) is 0 Å². The maximum absolute atomic E-state index is 3.78. The van der Waals surface area contributed by atoms with Crippen molar-refractivity contribution in [1.82, 2.24) is 5.32 Å². The molecule has 1 aromatic carbocycles. The van der Waals surface area contributed by atoms with Gasteiger partial charge in [-0.15, -0.1) is 6.58 Å². The Labute approximate surface area is 112 Å². The molecule has 1 nitrogen and oxygen atoms in total. The quantitative estimate of drug-likeness (QED) is 0.748. The molecular formula is C17H27N. The summed E-state index contributed by atoms with van der Waals surface area (Å²) in [6.45, 7) is 14.9. The van der Waals surface area contributed by atoms with Crippen LogP contribution in [-0.4, -0.2) is 6.04 Å². The Hall–Kier alpha value is -1.08. The van der Waals surface area contributed by atoms with Gasteiger partial charge in [0.25, 0.3) is 0 Å². The van der Waals surface area contributed by atoms with Crippen LogP contribution < -0.4 is 5.32 Å². The van der Waals surface area contributed by atoms with Crippen molar-refractivity contribution in [1.29, 1.82) is 0 Å². The molecule has 0 aliphatic carbocycles. The number of hydrogen-bond donors (Lipinski definition) is 1. The summed E-state index contributed by atoms with van der Waals surface area (Å²) < 4.78 is 0. The van der Waals surface area contributed by atoms with E-state index in [1.807, 2.05) is 6.08 Å². The third-order valence-corrected chi connectivity index (χ3v) is 3.33. The van der Waals surface area contributed by atoms with Gasteiger partial charge in [0.1, 0.15) is 0 Å². The van der Waals surface area contributed by atoms with Crippen molar-refractivity contribution in [2.45, 2.75) is 58.5 Å². The maximum atomic E-state index is 3.78. The molecule has 1 aromatic rings. The Bertz CT molecular complexity index is 370. The second-order valence-electron chi connectivity index (χ2n) is 6.19. The second kappa shape index (κ2) is 6.19. The molecule has 1 rings (SSSR count). The zero-order valence-corrected chi connectivity index (χ0v) is 12.5. The average Bonchev–Trinajstić information content (AvgIpc) is 2.28. The lowest BCUT2D eigenvalue weighted by atomic mass is 9.86. The topological polar surface area (TPSA) is 12.0 Å². The van der Waals surface area contributed by atoms with Crippen LogP contribution in [0, 0.1) is 0 Å². The van der Waals surface area contributed by atoms with Crippen LogP contribution in [0.25, 0.3) is 0 Å². The van der Waals surface area contributed by atoms with Crippen LogP contribution in [0.5, 0.6) is 0 Å². The first-order valence-corrected chi connectivity index (χ1v) is 6.82. The van der Waals surface area contributed by atoms with Crippen LogP contribution in [0.15, 0.2) is 36.9 Å². The molecule has 1 heteroatoms. The van der Waals surface area contributed by atoms with Crippen molar-refractivity contribution in [3.05, 3.63) is 48.0 Å². The highest BCUT2D eigenvalue weighted by atomic mass is 14.9. The van der Waals surface area contributed by atoms with Crippen LogP contribution in [0.2, 0.25) is 0 Å². The molecule has 0 aromatic heterocycles. The molecule has 0 saturated carbocycles. The van der Waals surface area contributed by atoms with E-state index in [9.17, 15) is 0 Å². The van der Waals surface area contributed by atoms with E-state index in [-0.39, 0.29) is 5.41 Å². The molecule has 0 heterocycles. The summed E-state index contributed by atoms with van der Waals surface area (Å²) in [6.07, 6.45) is 2.97. The maximum Gasteiger partial charge on any atom is 0.0294 e. The minimum absolute atomic E-state index is 0.228. The highest BCUT2D eigenvalue weighted by Crippen LogP contribution is 2.24. The van der Waals surface area contributed by atoms with Crippen LogP contribution >= 0.6 is 0 Å². The Morgan fingerprint density at radius 3 is 2.17 bits per heavy atom. The zero-order valence-electron chi connectivity index (χ0n) is 12.5. The fourth-order valence-corrected chi connectivity index (χ4v) is 2.11. The summed E-state index contributed by atoms with van der Waals surface area (Å²) in [5.41, 5.74) is 2.96. The van der Waals surface area contributed by atoms with Gasteiger partial charge < -0.3 is 5.32 Å². The van der Waals surface area contributed by atoms with Crippen molar-refractivity contribution >= 4 is 0 Å². The average molecular weight is 245 g/mol. The Kier molecular flexibility index (Phi) is 5.15. The molecule has 0 aliphatic heterocycles. The smallest absolute Gasteiger partial charge is 0.0294 e. The molecule has 0 saturated heterocycles. The molecule has 0 fully saturated rings. The molecule has 0 bridgehead atoms. The van der Waals surface area contributed by atoms with E-state index in [4.69, 9.17) is 0 Å². The van der Waals surface area contributed by atoms with Gasteiger partial charge in [-0.05, 0) is 36.8 Å². The van der Waals surface area contributed by atoms with Crippen molar-refractivity contribution in [2.24, 2.45) is 0 Å². The van der Waals surface area contributed by atoms with Gasteiger partial charge in [0.05, 0.1) is 0 Å². The Morgan fingerprint density at radius 1 is 1.17 bits per heavy atom. The lowest BCUT2D eigenvalue weighted by Crippen LogP contribution is -2.28. The predicted molar refractivity (Wildman–Crippen MR) is 81.0 cm³/mol. The minimum atomic E-state index is 0.228. The molecule has 18 heavy (non-hydrogen) atoms. The van der Waals surface area contributed by atoms with Gasteiger partial charge in [-0.1, -0.05) is 51.1 Å².